The Morgan fingerprint density at radius 1 is 1.50 bits per heavy atom. The maximum Gasteiger partial charge on any atom is 0.255 e. The number of aromatic nitrogens is 2. The largest absolute Gasteiger partial charge is 0.334 e. The molecule has 0 atom stereocenters. The number of rotatable bonds is 1. The maximum absolute atomic E-state index is 11.5. The van der Waals surface area contributed by atoms with Crippen LogP contribution >= 0.6 is 12.2 Å². The molecule has 5 heteroatoms. The Labute approximate surface area is 87.0 Å². The predicted molar refractivity (Wildman–Crippen MR) is 56.9 cm³/mol. The summed E-state index contributed by atoms with van der Waals surface area (Å²) >= 11 is 4.93. The Balaban J connectivity index is 2.47. The molecule has 1 aliphatic heterocycles. The van der Waals surface area contributed by atoms with Crippen molar-refractivity contribution < 1.29 is 0 Å². The van der Waals surface area contributed by atoms with Gasteiger partial charge in [-0.3, -0.25) is 14.7 Å². The third-order valence-corrected chi connectivity index (χ3v) is 2.84. The number of likely N-dealkylation sites (N-methyl/N-ethyl adjacent to an activating group) is 1. The van der Waals surface area contributed by atoms with Crippen LogP contribution in [-0.2, 0) is 13.0 Å². The van der Waals surface area contributed by atoms with Gasteiger partial charge in [0.05, 0.1) is 0 Å². The van der Waals surface area contributed by atoms with Crippen LogP contribution in [0.3, 0.4) is 0 Å². The number of aromatic amines is 2. The molecule has 14 heavy (non-hydrogen) atoms. The summed E-state index contributed by atoms with van der Waals surface area (Å²) < 4.78 is 0.423. The average molecular weight is 211 g/mol. The summed E-state index contributed by atoms with van der Waals surface area (Å²) in [6, 6.07) is 0. The van der Waals surface area contributed by atoms with Gasteiger partial charge in [0, 0.05) is 24.3 Å². The average Bonchev–Trinajstić information content (AvgIpc) is 2.16. The van der Waals surface area contributed by atoms with E-state index in [0.29, 0.717) is 4.77 Å². The zero-order chi connectivity index (χ0) is 10.1. The van der Waals surface area contributed by atoms with Gasteiger partial charge in [0.1, 0.15) is 0 Å². The molecule has 0 aliphatic carbocycles. The first-order valence-electron chi connectivity index (χ1n) is 4.77. The van der Waals surface area contributed by atoms with Gasteiger partial charge in [0.25, 0.3) is 5.56 Å². The summed E-state index contributed by atoms with van der Waals surface area (Å²) in [6.07, 6.45) is 0.810. The molecule has 0 aromatic carbocycles. The van der Waals surface area contributed by atoms with E-state index >= 15 is 0 Å². The van der Waals surface area contributed by atoms with E-state index in [4.69, 9.17) is 12.2 Å². The van der Waals surface area contributed by atoms with E-state index in [-0.39, 0.29) is 5.56 Å². The van der Waals surface area contributed by atoms with Gasteiger partial charge in [-0.25, -0.2) is 0 Å². The molecule has 0 unspecified atom stereocenters. The Hall–Kier alpha value is -0.940. The van der Waals surface area contributed by atoms with Crippen molar-refractivity contribution in [2.45, 2.75) is 19.9 Å². The van der Waals surface area contributed by atoms with Gasteiger partial charge in [-0.05, 0) is 25.2 Å². The fourth-order valence-corrected chi connectivity index (χ4v) is 2.02. The third-order valence-electron chi connectivity index (χ3n) is 2.64. The molecule has 0 saturated heterocycles. The van der Waals surface area contributed by atoms with Crippen molar-refractivity contribution in [1.82, 2.24) is 14.9 Å². The van der Waals surface area contributed by atoms with Crippen LogP contribution < -0.4 is 5.56 Å². The zero-order valence-corrected chi connectivity index (χ0v) is 8.91. The lowest BCUT2D eigenvalue weighted by Gasteiger charge is -2.26. The lowest BCUT2D eigenvalue weighted by molar-refractivity contribution is 0.262. The highest BCUT2D eigenvalue weighted by molar-refractivity contribution is 7.71. The van der Waals surface area contributed by atoms with Crippen molar-refractivity contribution in [1.29, 1.82) is 0 Å². The van der Waals surface area contributed by atoms with Gasteiger partial charge in [0.2, 0.25) is 0 Å². The van der Waals surface area contributed by atoms with Gasteiger partial charge in [-0.2, -0.15) is 0 Å². The smallest absolute Gasteiger partial charge is 0.255 e. The highest BCUT2D eigenvalue weighted by atomic mass is 32.1. The van der Waals surface area contributed by atoms with E-state index in [2.05, 4.69) is 21.8 Å². The molecule has 1 aromatic heterocycles. The molecule has 1 aromatic rings. The van der Waals surface area contributed by atoms with Gasteiger partial charge in [-0.15, -0.1) is 0 Å². The molecule has 2 heterocycles. The van der Waals surface area contributed by atoms with Crippen molar-refractivity contribution >= 4 is 12.2 Å². The summed E-state index contributed by atoms with van der Waals surface area (Å²) in [5.41, 5.74) is 1.81. The van der Waals surface area contributed by atoms with Crippen LogP contribution in [0.4, 0.5) is 0 Å². The zero-order valence-electron chi connectivity index (χ0n) is 8.09. The van der Waals surface area contributed by atoms with E-state index in [1.807, 2.05) is 0 Å². The van der Waals surface area contributed by atoms with E-state index < -0.39 is 0 Å². The molecular formula is C9H13N3OS. The second kappa shape index (κ2) is 3.67. The predicted octanol–water partition coefficient (Wildman–Crippen LogP) is 0.810. The quantitative estimate of drug-likeness (QED) is 0.676. The minimum Gasteiger partial charge on any atom is -0.334 e. The number of H-pyrrole nitrogens is 2. The minimum atomic E-state index is -0.0282. The maximum atomic E-state index is 11.5. The third kappa shape index (κ3) is 1.65. The van der Waals surface area contributed by atoms with Crippen LogP contribution in [0.1, 0.15) is 18.2 Å². The van der Waals surface area contributed by atoms with Gasteiger partial charge in [0.15, 0.2) is 4.77 Å². The van der Waals surface area contributed by atoms with E-state index in [9.17, 15) is 4.79 Å². The Kier molecular flexibility index (Phi) is 2.52. The second-order valence-corrected chi connectivity index (χ2v) is 3.89. The van der Waals surface area contributed by atoms with Crippen molar-refractivity contribution in [3.63, 3.8) is 0 Å². The molecule has 0 amide bonds. The summed E-state index contributed by atoms with van der Waals surface area (Å²) in [4.78, 5) is 19.5. The molecule has 0 spiro atoms. The molecule has 2 rings (SSSR count). The molecule has 2 N–H and O–H groups in total. The van der Waals surface area contributed by atoms with Crippen molar-refractivity contribution in [2.24, 2.45) is 0 Å². The molecule has 1 aliphatic rings. The summed E-state index contributed by atoms with van der Waals surface area (Å²) in [7, 11) is 0. The SMILES string of the molecule is CCN1CCc2c([nH]c(=S)[nH]c2=O)C1. The van der Waals surface area contributed by atoms with Gasteiger partial charge >= 0.3 is 0 Å². The first kappa shape index (κ1) is 9.61. The first-order valence-corrected chi connectivity index (χ1v) is 5.18. The highest BCUT2D eigenvalue weighted by Gasteiger charge is 2.17. The molecular weight excluding hydrogens is 198 g/mol. The second-order valence-electron chi connectivity index (χ2n) is 3.48. The Morgan fingerprint density at radius 3 is 3.00 bits per heavy atom. The number of fused-ring (bicyclic) bond motifs is 1. The van der Waals surface area contributed by atoms with Crippen LogP contribution in [0.25, 0.3) is 0 Å². The summed E-state index contributed by atoms with van der Waals surface area (Å²) in [6.45, 7) is 4.89. The van der Waals surface area contributed by atoms with E-state index in [0.717, 1.165) is 37.3 Å². The molecule has 0 bridgehead atoms. The van der Waals surface area contributed by atoms with E-state index in [1.54, 1.807) is 0 Å². The van der Waals surface area contributed by atoms with Crippen LogP contribution in [0.15, 0.2) is 4.79 Å². The number of nitrogens with one attached hydrogen (secondary N) is 2. The van der Waals surface area contributed by atoms with Crippen molar-refractivity contribution in [2.75, 3.05) is 13.1 Å². The molecule has 0 saturated carbocycles. The minimum absolute atomic E-state index is 0.0282. The van der Waals surface area contributed by atoms with Crippen LogP contribution in [0, 0.1) is 4.77 Å². The molecule has 76 valence electrons. The van der Waals surface area contributed by atoms with E-state index in [1.165, 1.54) is 0 Å². The van der Waals surface area contributed by atoms with Crippen LogP contribution in [0.5, 0.6) is 0 Å². The fraction of sp³-hybridized carbons (Fsp3) is 0.556. The van der Waals surface area contributed by atoms with Gasteiger partial charge in [-0.1, -0.05) is 6.92 Å². The van der Waals surface area contributed by atoms with Crippen LogP contribution in [-0.4, -0.2) is 28.0 Å². The molecule has 0 fully saturated rings. The van der Waals surface area contributed by atoms with Crippen LogP contribution in [0.2, 0.25) is 0 Å². The Bertz CT molecular complexity index is 448. The lowest BCUT2D eigenvalue weighted by atomic mass is 10.1. The van der Waals surface area contributed by atoms with Crippen molar-refractivity contribution in [3.05, 3.63) is 26.4 Å². The molecule has 0 radical (unpaired) electrons. The molecule has 4 nitrogen and oxygen atoms in total. The summed E-state index contributed by atoms with van der Waals surface area (Å²) in [5.74, 6) is 0. The standard InChI is InChI=1S/C9H13N3OS/c1-2-12-4-3-6-7(5-12)10-9(14)11-8(6)13/h2-5H2,1H3,(H2,10,11,13,14). The topological polar surface area (TPSA) is 51.9 Å². The highest BCUT2D eigenvalue weighted by Crippen LogP contribution is 2.11. The monoisotopic (exact) mass is 211 g/mol. The Morgan fingerprint density at radius 2 is 2.29 bits per heavy atom. The normalized spacial score (nSPS) is 16.6. The summed E-state index contributed by atoms with van der Waals surface area (Å²) in [5, 5.41) is 0. The lowest BCUT2D eigenvalue weighted by Crippen LogP contribution is -2.34. The first-order chi connectivity index (χ1) is 6.70. The number of hydrogen-bond donors (Lipinski definition) is 2. The van der Waals surface area contributed by atoms with Gasteiger partial charge < -0.3 is 4.98 Å². The fourth-order valence-electron chi connectivity index (χ4n) is 1.80. The number of nitrogens with zero attached hydrogens (tertiary/aromatic N) is 1. The number of hydrogen-bond acceptors (Lipinski definition) is 3. The van der Waals surface area contributed by atoms with Crippen molar-refractivity contribution in [3.8, 4) is 0 Å².